The predicted molar refractivity (Wildman–Crippen MR) is 86.5 cm³/mol. The molecule has 124 valence electrons. The molecule has 2 heterocycles. The van der Waals surface area contributed by atoms with Gasteiger partial charge in [-0.2, -0.15) is 0 Å². The molecule has 2 N–H and O–H groups in total. The summed E-state index contributed by atoms with van der Waals surface area (Å²) in [5, 5.41) is 5.97. The van der Waals surface area contributed by atoms with Crippen LogP contribution >= 0.6 is 0 Å². The van der Waals surface area contributed by atoms with Crippen LogP contribution in [0.3, 0.4) is 0 Å². The lowest BCUT2D eigenvalue weighted by Gasteiger charge is -2.49. The van der Waals surface area contributed by atoms with E-state index in [1.165, 1.54) is 0 Å². The van der Waals surface area contributed by atoms with Crippen LogP contribution in [0.4, 0.5) is 9.59 Å². The fourth-order valence-corrected chi connectivity index (χ4v) is 3.44. The fourth-order valence-electron chi connectivity index (χ4n) is 3.44. The molecule has 4 amide bonds. The van der Waals surface area contributed by atoms with Gasteiger partial charge in [0.15, 0.2) is 0 Å². The smallest absolute Gasteiger partial charge is 0.321 e. The van der Waals surface area contributed by atoms with Gasteiger partial charge in [-0.15, -0.1) is 0 Å². The van der Waals surface area contributed by atoms with E-state index in [0.717, 1.165) is 18.5 Å². The summed E-state index contributed by atoms with van der Waals surface area (Å²) in [4.78, 5) is 27.7. The van der Waals surface area contributed by atoms with Gasteiger partial charge in [0, 0.05) is 37.3 Å². The van der Waals surface area contributed by atoms with Crippen molar-refractivity contribution in [3.05, 3.63) is 11.8 Å². The number of urea groups is 2. The van der Waals surface area contributed by atoms with E-state index >= 15 is 0 Å². The highest BCUT2D eigenvalue weighted by Crippen LogP contribution is 2.35. The maximum absolute atomic E-state index is 12.2. The first-order valence-electron chi connectivity index (χ1n) is 7.69. The maximum Gasteiger partial charge on any atom is 0.321 e. The number of carbonyl (C=O) groups excluding carboxylic acids is 2. The number of carbonyl (C=O) groups is 2. The monoisotopic (exact) mass is 308 g/mol. The summed E-state index contributed by atoms with van der Waals surface area (Å²) in [6.45, 7) is 10.1. The molecule has 2 fully saturated rings. The number of amides is 4. The Kier molecular flexibility index (Phi) is 3.70. The molecule has 0 aliphatic carbocycles. The van der Waals surface area contributed by atoms with Crippen LogP contribution in [0.1, 0.15) is 47.5 Å². The minimum atomic E-state index is -0.427. The van der Waals surface area contributed by atoms with Crippen LogP contribution in [0.25, 0.3) is 0 Å². The van der Waals surface area contributed by atoms with Gasteiger partial charge in [-0.05, 0) is 47.1 Å². The molecule has 1 unspecified atom stereocenters. The predicted octanol–water partition coefficient (Wildman–Crippen LogP) is 2.28. The van der Waals surface area contributed by atoms with Crippen molar-refractivity contribution in [2.24, 2.45) is 0 Å². The highest BCUT2D eigenvalue weighted by molar-refractivity contribution is 5.79. The Balaban J connectivity index is 2.39. The van der Waals surface area contributed by atoms with Gasteiger partial charge < -0.3 is 20.4 Å². The Morgan fingerprint density at radius 3 is 2.09 bits per heavy atom. The third-order valence-electron chi connectivity index (χ3n) is 4.60. The maximum atomic E-state index is 12.2. The summed E-state index contributed by atoms with van der Waals surface area (Å²) in [5.74, 6) is 0. The molecule has 0 saturated carbocycles. The number of rotatable bonds is 1. The summed E-state index contributed by atoms with van der Waals surface area (Å²) in [5.41, 5.74) is -0.0334. The minimum Gasteiger partial charge on any atom is -0.333 e. The summed E-state index contributed by atoms with van der Waals surface area (Å²) in [6, 6.07) is -0.189. The lowest BCUT2D eigenvalue weighted by molar-refractivity contribution is 0.103. The molecule has 1 atom stereocenters. The van der Waals surface area contributed by atoms with Crippen LogP contribution in [-0.4, -0.2) is 52.6 Å². The minimum absolute atomic E-state index is 0.0854. The van der Waals surface area contributed by atoms with E-state index in [4.69, 9.17) is 0 Å². The molecule has 2 saturated heterocycles. The zero-order valence-corrected chi connectivity index (χ0v) is 14.7. The second-order valence-electron chi connectivity index (χ2n) is 8.09. The van der Waals surface area contributed by atoms with E-state index in [2.05, 4.69) is 16.7 Å². The quantitative estimate of drug-likeness (QED) is 0.780. The summed E-state index contributed by atoms with van der Waals surface area (Å²) in [6.07, 6.45) is 3.59. The van der Waals surface area contributed by atoms with E-state index in [1.54, 1.807) is 23.9 Å². The first kappa shape index (κ1) is 16.6. The van der Waals surface area contributed by atoms with Gasteiger partial charge in [-0.1, -0.05) is 0 Å². The van der Waals surface area contributed by atoms with E-state index in [1.807, 2.05) is 34.6 Å². The molecular weight excluding hydrogens is 280 g/mol. The Hall–Kier alpha value is -1.72. The molecular formula is C16H28N4O2. The van der Waals surface area contributed by atoms with Gasteiger partial charge in [-0.25, -0.2) is 9.59 Å². The number of hydrogen-bond donors (Lipinski definition) is 2. The van der Waals surface area contributed by atoms with Gasteiger partial charge in [0.25, 0.3) is 0 Å². The van der Waals surface area contributed by atoms with Crippen LogP contribution in [0.5, 0.6) is 0 Å². The van der Waals surface area contributed by atoms with Crippen molar-refractivity contribution < 1.29 is 9.59 Å². The molecule has 0 aromatic rings. The second kappa shape index (κ2) is 4.89. The lowest BCUT2D eigenvalue weighted by atomic mass is 9.80. The van der Waals surface area contributed by atoms with Crippen LogP contribution in [0.2, 0.25) is 0 Å². The summed E-state index contributed by atoms with van der Waals surface area (Å²) in [7, 11) is 3.57. The van der Waals surface area contributed by atoms with Crippen molar-refractivity contribution in [2.45, 2.75) is 64.1 Å². The average Bonchev–Trinajstić information content (AvgIpc) is 2.30. The van der Waals surface area contributed by atoms with Gasteiger partial charge in [0.2, 0.25) is 0 Å². The van der Waals surface area contributed by atoms with Gasteiger partial charge in [-0.3, -0.25) is 0 Å². The molecule has 6 heteroatoms. The van der Waals surface area contributed by atoms with Crippen molar-refractivity contribution in [3.8, 4) is 0 Å². The zero-order valence-electron chi connectivity index (χ0n) is 14.7. The molecule has 2 aliphatic rings. The topological polar surface area (TPSA) is 64.7 Å². The summed E-state index contributed by atoms with van der Waals surface area (Å²) >= 11 is 0. The van der Waals surface area contributed by atoms with Gasteiger partial charge >= 0.3 is 12.1 Å². The molecule has 0 radical (unpaired) electrons. The third kappa shape index (κ3) is 3.05. The highest BCUT2D eigenvalue weighted by Gasteiger charge is 2.44. The molecule has 6 nitrogen and oxygen atoms in total. The van der Waals surface area contributed by atoms with Crippen LogP contribution in [0, 0.1) is 0 Å². The standard InChI is InChI=1S/C16H28N4O2/c1-14(2)8-11(19(6)12(21)17-14)9-16(5)10-15(3,4)18-13(22)20(16)7/h9H,8,10H2,1-7H3,(H,17,21)(H,18,22). The molecule has 22 heavy (non-hydrogen) atoms. The zero-order chi connectivity index (χ0) is 16.9. The number of likely N-dealkylation sites (N-methyl/N-ethyl adjacent to an activating group) is 1. The Morgan fingerprint density at radius 2 is 1.50 bits per heavy atom. The van der Waals surface area contributed by atoms with E-state index in [0.29, 0.717) is 0 Å². The highest BCUT2D eigenvalue weighted by atomic mass is 16.2. The Bertz CT molecular complexity index is 538. The van der Waals surface area contributed by atoms with E-state index < -0.39 is 5.54 Å². The van der Waals surface area contributed by atoms with Crippen LogP contribution in [-0.2, 0) is 0 Å². The largest absolute Gasteiger partial charge is 0.333 e. The molecule has 2 rings (SSSR count). The third-order valence-corrected chi connectivity index (χ3v) is 4.60. The SMILES string of the molecule is CN1C(=O)NC(C)(C)CC1=CC1(C)CC(C)(C)NC(=O)N1C. The number of hydrogen-bond acceptors (Lipinski definition) is 2. The van der Waals surface area contributed by atoms with Crippen LogP contribution < -0.4 is 10.6 Å². The van der Waals surface area contributed by atoms with Crippen molar-refractivity contribution >= 4 is 12.1 Å². The molecule has 0 aromatic heterocycles. The Morgan fingerprint density at radius 1 is 0.955 bits per heavy atom. The second-order valence-corrected chi connectivity index (χ2v) is 8.09. The normalized spacial score (nSPS) is 32.8. The Labute approximate surface area is 132 Å². The molecule has 0 aromatic carbocycles. The number of nitrogens with zero attached hydrogens (tertiary/aromatic N) is 2. The van der Waals surface area contributed by atoms with Crippen LogP contribution in [0.15, 0.2) is 11.8 Å². The van der Waals surface area contributed by atoms with Crippen molar-refractivity contribution in [1.29, 1.82) is 0 Å². The van der Waals surface area contributed by atoms with E-state index in [9.17, 15) is 9.59 Å². The van der Waals surface area contributed by atoms with Crippen molar-refractivity contribution in [3.63, 3.8) is 0 Å². The summed E-state index contributed by atoms with van der Waals surface area (Å²) < 4.78 is 0. The first-order chi connectivity index (χ1) is 9.85. The lowest BCUT2D eigenvalue weighted by Crippen LogP contribution is -2.65. The van der Waals surface area contributed by atoms with Crippen molar-refractivity contribution in [1.82, 2.24) is 20.4 Å². The number of nitrogens with one attached hydrogen (secondary N) is 2. The molecule has 2 aliphatic heterocycles. The fraction of sp³-hybridized carbons (Fsp3) is 0.750. The molecule has 0 spiro atoms. The van der Waals surface area contributed by atoms with Gasteiger partial charge in [0.1, 0.15) is 0 Å². The van der Waals surface area contributed by atoms with E-state index in [-0.39, 0.29) is 23.1 Å². The van der Waals surface area contributed by atoms with Crippen molar-refractivity contribution in [2.75, 3.05) is 14.1 Å². The average molecular weight is 308 g/mol. The van der Waals surface area contributed by atoms with Gasteiger partial charge in [0.05, 0.1) is 5.54 Å². The molecule has 0 bridgehead atoms. The first-order valence-corrected chi connectivity index (χ1v) is 7.69.